The van der Waals surface area contributed by atoms with E-state index in [1.807, 2.05) is 65.5 Å². The molecule has 0 saturated carbocycles. The summed E-state index contributed by atoms with van der Waals surface area (Å²) in [6.45, 7) is 14.6. The summed E-state index contributed by atoms with van der Waals surface area (Å²) < 4.78 is 12.8. The lowest BCUT2D eigenvalue weighted by Crippen LogP contribution is -2.29. The van der Waals surface area contributed by atoms with Gasteiger partial charge in [-0.15, -0.1) is 0 Å². The zero-order chi connectivity index (χ0) is 34.4. The highest BCUT2D eigenvalue weighted by atomic mass is 16.5. The molecule has 6 nitrogen and oxygen atoms in total. The Morgan fingerprint density at radius 3 is 1.96 bits per heavy atom. The van der Waals surface area contributed by atoms with Crippen molar-refractivity contribution < 1.29 is 19.1 Å². The van der Waals surface area contributed by atoms with Gasteiger partial charge in [-0.3, -0.25) is 4.79 Å². The van der Waals surface area contributed by atoms with Crippen LogP contribution in [-0.4, -0.2) is 44.9 Å². The predicted octanol–water partition coefficient (Wildman–Crippen LogP) is 8.98. The maximum Gasteiger partial charge on any atom is 0.362 e. The standard InChI is InChI=1S/C41H48N2O4/c1-25(29-23-34(47-36(24-29)41(5,6)7)28-14-18-31(19-15-28)43(10)11)37-38(44)32(39(37)45)20-26-21-33(46-35(22-26)40(2,3)4)27-12-16-30(17-13-27)42(8)9/h12-21,23-24,26H,22H2,1-11H3/p+1/b29-25-. The van der Waals surface area contributed by atoms with Gasteiger partial charge in [-0.05, 0) is 72.7 Å². The van der Waals surface area contributed by atoms with Crippen molar-refractivity contribution in [2.75, 3.05) is 38.0 Å². The molecule has 0 amide bonds. The summed E-state index contributed by atoms with van der Waals surface area (Å²) >= 11 is 0. The molecule has 2 aromatic carbocycles. The lowest BCUT2D eigenvalue weighted by atomic mass is 9.76. The highest BCUT2D eigenvalue weighted by Crippen LogP contribution is 2.44. The van der Waals surface area contributed by atoms with E-state index in [1.54, 1.807) is 0 Å². The van der Waals surface area contributed by atoms with E-state index in [4.69, 9.17) is 9.16 Å². The molecule has 0 aromatic heterocycles. The Bertz CT molecular complexity index is 1730. The van der Waals surface area contributed by atoms with Crippen molar-refractivity contribution in [2.45, 2.75) is 54.9 Å². The summed E-state index contributed by atoms with van der Waals surface area (Å²) in [7, 11) is 8.05. The molecule has 1 atom stereocenters. The van der Waals surface area contributed by atoms with E-state index in [0.29, 0.717) is 23.3 Å². The molecule has 47 heavy (non-hydrogen) atoms. The Morgan fingerprint density at radius 2 is 1.47 bits per heavy atom. The number of allylic oxidation sites excluding steroid dienone is 8. The Kier molecular flexibility index (Phi) is 9.02. The fourth-order valence-corrected chi connectivity index (χ4v) is 5.76. The lowest BCUT2D eigenvalue weighted by Gasteiger charge is -2.31. The molecule has 2 aliphatic heterocycles. The van der Waals surface area contributed by atoms with Crippen LogP contribution in [0.4, 0.5) is 11.4 Å². The zero-order valence-corrected chi connectivity index (χ0v) is 29.8. The number of ether oxygens (including phenoxy) is 1. The second-order valence-electron chi connectivity index (χ2n) is 15.1. The van der Waals surface area contributed by atoms with E-state index in [0.717, 1.165) is 51.3 Å². The monoisotopic (exact) mass is 633 g/mol. The minimum Gasteiger partial charge on any atom is -0.506 e. The van der Waals surface area contributed by atoms with Crippen LogP contribution in [0.25, 0.3) is 5.76 Å². The van der Waals surface area contributed by atoms with Gasteiger partial charge in [0.25, 0.3) is 0 Å². The van der Waals surface area contributed by atoms with Gasteiger partial charge in [0, 0.05) is 74.5 Å². The van der Waals surface area contributed by atoms with E-state index in [-0.39, 0.29) is 28.3 Å². The predicted molar refractivity (Wildman–Crippen MR) is 193 cm³/mol. The second kappa shape index (κ2) is 12.6. The van der Waals surface area contributed by atoms with Gasteiger partial charge in [0.2, 0.25) is 5.78 Å². The third kappa shape index (κ3) is 7.07. The molecule has 2 heterocycles. The Balaban J connectivity index is 1.48. The van der Waals surface area contributed by atoms with Crippen LogP contribution >= 0.6 is 0 Å². The molecule has 0 spiro atoms. The van der Waals surface area contributed by atoms with E-state index in [9.17, 15) is 9.90 Å². The zero-order valence-electron chi connectivity index (χ0n) is 29.8. The molecule has 5 rings (SSSR count). The minimum absolute atomic E-state index is 0.0385. The highest BCUT2D eigenvalue weighted by Gasteiger charge is 2.42. The number of carbonyl (C=O) groups is 1. The third-order valence-electron chi connectivity index (χ3n) is 8.88. The van der Waals surface area contributed by atoms with Crippen LogP contribution in [0.1, 0.15) is 70.4 Å². The van der Waals surface area contributed by atoms with Gasteiger partial charge in [-0.2, -0.15) is 0 Å². The summed E-state index contributed by atoms with van der Waals surface area (Å²) in [6.07, 6.45) is 9.49. The van der Waals surface area contributed by atoms with Crippen LogP contribution in [0.15, 0.2) is 101 Å². The van der Waals surface area contributed by atoms with Crippen molar-refractivity contribution in [1.82, 2.24) is 0 Å². The molecular formula is C41H49N2O4+. The molecule has 0 radical (unpaired) electrons. The first-order valence-corrected chi connectivity index (χ1v) is 16.3. The summed E-state index contributed by atoms with van der Waals surface area (Å²) in [5, 5.41) is 11.4. The molecule has 0 fully saturated rings. The molecule has 0 bridgehead atoms. The largest absolute Gasteiger partial charge is 0.506 e. The van der Waals surface area contributed by atoms with E-state index in [1.165, 1.54) is 0 Å². The number of anilines is 2. The number of aliphatic hydroxyl groups excluding tert-OH is 1. The van der Waals surface area contributed by atoms with Gasteiger partial charge in [0.1, 0.15) is 22.8 Å². The first kappa shape index (κ1) is 33.8. The Labute approximate surface area is 281 Å². The molecule has 6 heteroatoms. The fourth-order valence-electron chi connectivity index (χ4n) is 5.76. The number of Topliss-reactive ketones (excluding diaryl/α,β-unsaturated/α-hetero) is 1. The number of rotatable bonds is 6. The van der Waals surface area contributed by atoms with Crippen LogP contribution < -0.4 is 9.80 Å². The number of ketones is 2. The van der Waals surface area contributed by atoms with Crippen LogP contribution in [-0.2, 0) is 9.53 Å². The molecule has 3 aliphatic rings. The summed E-state index contributed by atoms with van der Waals surface area (Å²) in [6, 6.07) is 16.5. The smallest absolute Gasteiger partial charge is 0.362 e. The van der Waals surface area contributed by atoms with Crippen molar-refractivity contribution in [3.63, 3.8) is 0 Å². The van der Waals surface area contributed by atoms with Gasteiger partial charge in [0.15, 0.2) is 6.10 Å². The van der Waals surface area contributed by atoms with Crippen molar-refractivity contribution in [2.24, 2.45) is 16.7 Å². The molecule has 1 aliphatic carbocycles. The van der Waals surface area contributed by atoms with Crippen LogP contribution in [0.2, 0.25) is 0 Å². The lowest BCUT2D eigenvalue weighted by molar-refractivity contribution is -0.292. The SMILES string of the molecule is C/C(C1=C(O)C(=CC2[CH+]C(c3ccc(N(C)C)cc3)=[O+][C-](C(C)(C)C)C2)C1=O)=C1\C=C(c2ccc(N(C)C)cc2)OC(C(C)(C)C)=C1. The van der Waals surface area contributed by atoms with Gasteiger partial charge in [0.05, 0.1) is 23.5 Å². The number of carbonyl (C=O) groups excluding carboxylic acids is 2. The molecule has 246 valence electrons. The van der Waals surface area contributed by atoms with Crippen LogP contribution in [0, 0.1) is 29.3 Å². The average molecular weight is 634 g/mol. The molecular weight excluding hydrogens is 584 g/mol. The van der Waals surface area contributed by atoms with E-state index < -0.39 is 0 Å². The molecule has 1 unspecified atom stereocenters. The summed E-state index contributed by atoms with van der Waals surface area (Å²) in [5.41, 5.74) is 5.95. The first-order chi connectivity index (χ1) is 21.9. The normalized spacial score (nSPS) is 20.5. The van der Waals surface area contributed by atoms with Gasteiger partial charge < -0.3 is 24.1 Å². The number of benzene rings is 2. The van der Waals surface area contributed by atoms with E-state index in [2.05, 4.69) is 94.2 Å². The summed E-state index contributed by atoms with van der Waals surface area (Å²) in [5.74, 6) is 2.06. The average Bonchev–Trinajstić information content (AvgIpc) is 3.02. The number of hydrogen-bond donors (Lipinski definition) is 1. The molecule has 0 saturated heterocycles. The fraction of sp³-hybridized carbons (Fsp3) is 0.366. The van der Waals surface area contributed by atoms with Gasteiger partial charge in [-0.25, -0.2) is 0 Å². The topological polar surface area (TPSA) is 64.3 Å². The van der Waals surface area contributed by atoms with Crippen LogP contribution in [0.5, 0.6) is 0 Å². The van der Waals surface area contributed by atoms with E-state index >= 15 is 0 Å². The third-order valence-corrected chi connectivity index (χ3v) is 8.88. The Morgan fingerprint density at radius 1 is 0.915 bits per heavy atom. The minimum atomic E-state index is -0.263. The number of nitrogens with zero attached hydrogens (tertiary/aromatic N) is 2. The molecule has 1 N–H and O–H groups in total. The van der Waals surface area contributed by atoms with Gasteiger partial charge >= 0.3 is 5.78 Å². The first-order valence-electron chi connectivity index (χ1n) is 16.3. The molecule has 2 aromatic rings. The van der Waals surface area contributed by atoms with Gasteiger partial charge in [-0.1, -0.05) is 41.5 Å². The van der Waals surface area contributed by atoms with Crippen molar-refractivity contribution in [1.29, 1.82) is 0 Å². The van der Waals surface area contributed by atoms with Crippen molar-refractivity contribution >= 4 is 28.7 Å². The highest BCUT2D eigenvalue weighted by molar-refractivity contribution is 6.22. The van der Waals surface area contributed by atoms with Crippen LogP contribution in [0.3, 0.4) is 0 Å². The van der Waals surface area contributed by atoms with Crippen molar-refractivity contribution in [3.8, 4) is 0 Å². The Hall–Kier alpha value is -4.58. The number of aliphatic hydroxyl groups is 1. The van der Waals surface area contributed by atoms with Crippen molar-refractivity contribution in [3.05, 3.63) is 124 Å². The quantitative estimate of drug-likeness (QED) is 0.195. The summed E-state index contributed by atoms with van der Waals surface area (Å²) in [4.78, 5) is 17.8. The maximum absolute atomic E-state index is 13.7. The maximum atomic E-state index is 13.7. The second-order valence-corrected chi connectivity index (χ2v) is 15.1. The number of hydrogen-bond acceptors (Lipinski definition) is 5.